The van der Waals surface area contributed by atoms with Crippen molar-refractivity contribution >= 4 is 35.8 Å². The molecule has 1 saturated carbocycles. The summed E-state index contributed by atoms with van der Waals surface area (Å²) in [7, 11) is 0. The topological polar surface area (TPSA) is 188 Å². The van der Waals surface area contributed by atoms with Crippen LogP contribution in [-0.4, -0.2) is 110 Å². The van der Waals surface area contributed by atoms with Crippen molar-refractivity contribution in [3.8, 4) is 0 Å². The number of hydroxylamine groups is 2. The molecule has 46 heavy (non-hydrogen) atoms. The predicted molar refractivity (Wildman–Crippen MR) is 154 cm³/mol. The van der Waals surface area contributed by atoms with Crippen molar-refractivity contribution in [1.29, 1.82) is 0 Å². The first kappa shape index (κ1) is 32.1. The number of benzene rings is 1. The number of carbonyl (C=O) groups is 5. The lowest BCUT2D eigenvalue weighted by atomic mass is 9.62. The van der Waals surface area contributed by atoms with Gasteiger partial charge in [0, 0.05) is 37.4 Å². The number of fused-ring (bicyclic) bond motifs is 4. The molecule has 1 aromatic rings. The molecule has 5 fully saturated rings. The van der Waals surface area contributed by atoms with Gasteiger partial charge in [-0.25, -0.2) is 9.59 Å². The van der Waals surface area contributed by atoms with E-state index in [-0.39, 0.29) is 58.4 Å². The number of hydrogen-bond acceptors (Lipinski definition) is 13. The lowest BCUT2D eigenvalue weighted by Crippen LogP contribution is -2.69. The summed E-state index contributed by atoms with van der Waals surface area (Å²) in [5.41, 5.74) is -0.776. The number of esters is 3. The fourth-order valence-electron chi connectivity index (χ4n) is 6.83. The van der Waals surface area contributed by atoms with Crippen molar-refractivity contribution in [2.75, 3.05) is 33.1 Å². The second-order valence-electron chi connectivity index (χ2n) is 12.6. The number of ether oxygens (including phenoxy) is 5. The number of aliphatic hydroxyl groups is 1. The van der Waals surface area contributed by atoms with Crippen molar-refractivity contribution in [3.63, 3.8) is 0 Å². The van der Waals surface area contributed by atoms with Crippen LogP contribution < -0.4 is 10.6 Å². The quantitative estimate of drug-likeness (QED) is 0.157. The highest BCUT2D eigenvalue weighted by atomic mass is 16.8. The number of amides is 2. The van der Waals surface area contributed by atoms with Gasteiger partial charge in [-0.2, -0.15) is 5.06 Å². The lowest BCUT2D eigenvalue weighted by Gasteiger charge is -2.48. The molecule has 6 rings (SSSR count). The smallest absolute Gasteiger partial charge is 0.348 e. The molecule has 15 nitrogen and oxygen atoms in total. The van der Waals surface area contributed by atoms with Gasteiger partial charge in [-0.3, -0.25) is 19.2 Å². The van der Waals surface area contributed by atoms with Crippen LogP contribution in [0.15, 0.2) is 30.3 Å². The minimum absolute atomic E-state index is 0.00193. The van der Waals surface area contributed by atoms with Gasteiger partial charge in [0.2, 0.25) is 17.9 Å². The van der Waals surface area contributed by atoms with Crippen LogP contribution in [0.25, 0.3) is 6.08 Å². The third-order valence-electron chi connectivity index (χ3n) is 9.09. The van der Waals surface area contributed by atoms with Crippen LogP contribution in [0.2, 0.25) is 0 Å². The van der Waals surface area contributed by atoms with E-state index in [1.165, 1.54) is 17.2 Å². The van der Waals surface area contributed by atoms with E-state index in [1.54, 1.807) is 38.1 Å². The standard InChI is InChI=1S/C31H37N3O12/c1-30(2)15-41-28(39)26(30)45-21(37)8-7-17-5-3-4-6-18(17)14-34-24-27(38)44-19-13-31(24,25(46-34)23-22(19)42-16-43-23)29(40)33-10-9-20(36)32-11-12-35/h3-8,19,22-26,35H,9-16H2,1-2H3,(H,32,36)(H,33,40). The first-order valence-corrected chi connectivity index (χ1v) is 15.2. The summed E-state index contributed by atoms with van der Waals surface area (Å²) in [6, 6.07) is 5.98. The maximum absolute atomic E-state index is 14.0. The second kappa shape index (κ2) is 12.7. The van der Waals surface area contributed by atoms with Crippen LogP contribution in [-0.2, 0) is 59.0 Å². The Labute approximate surface area is 264 Å². The molecule has 3 N–H and O–H groups in total. The highest BCUT2D eigenvalue weighted by Gasteiger charge is 2.74. The highest BCUT2D eigenvalue weighted by Crippen LogP contribution is 2.55. The van der Waals surface area contributed by atoms with E-state index in [0.717, 1.165) is 0 Å². The molecule has 4 saturated heterocycles. The Bertz CT molecular complexity index is 1430. The zero-order valence-electron chi connectivity index (χ0n) is 25.5. The molecule has 0 radical (unpaired) electrons. The summed E-state index contributed by atoms with van der Waals surface area (Å²) in [6.45, 7) is 3.58. The van der Waals surface area contributed by atoms with Gasteiger partial charge in [-0.15, -0.1) is 0 Å². The lowest BCUT2D eigenvalue weighted by molar-refractivity contribution is -0.201. The number of nitrogens with one attached hydrogen (secondary N) is 2. The summed E-state index contributed by atoms with van der Waals surface area (Å²) in [5.74, 6) is -2.78. The molecule has 7 unspecified atom stereocenters. The Morgan fingerprint density at radius 3 is 2.63 bits per heavy atom. The van der Waals surface area contributed by atoms with Crippen LogP contribution in [0.4, 0.5) is 0 Å². The van der Waals surface area contributed by atoms with Gasteiger partial charge in [-0.1, -0.05) is 38.1 Å². The molecule has 248 valence electrons. The fraction of sp³-hybridized carbons (Fsp3) is 0.581. The van der Waals surface area contributed by atoms with Gasteiger partial charge in [0.15, 0.2) is 6.04 Å². The SMILES string of the molecule is CC1(C)COC(=O)C1OC(=O)C=Cc1ccccc1CN1OC2C3OCOC3C3CC2(C(=O)NCCC(=O)NCCO)C1C(=O)O3. The minimum Gasteiger partial charge on any atom is -0.462 e. The molecule has 4 aliphatic heterocycles. The van der Waals surface area contributed by atoms with Gasteiger partial charge in [0.25, 0.3) is 0 Å². The molecule has 0 spiro atoms. The molecule has 1 aromatic carbocycles. The fourth-order valence-corrected chi connectivity index (χ4v) is 6.83. The van der Waals surface area contributed by atoms with Crippen molar-refractivity contribution in [3.05, 3.63) is 41.5 Å². The number of carbonyl (C=O) groups excluding carboxylic acids is 5. The Balaban J connectivity index is 1.22. The van der Waals surface area contributed by atoms with Crippen molar-refractivity contribution < 1.29 is 57.6 Å². The van der Waals surface area contributed by atoms with Crippen LogP contribution in [0.5, 0.6) is 0 Å². The van der Waals surface area contributed by atoms with Crippen LogP contribution in [0.1, 0.15) is 37.8 Å². The maximum Gasteiger partial charge on any atom is 0.348 e. The molecule has 5 aliphatic rings. The van der Waals surface area contributed by atoms with Crippen LogP contribution in [0, 0.1) is 10.8 Å². The first-order valence-electron chi connectivity index (χ1n) is 15.2. The number of nitrogens with zero attached hydrogens (tertiary/aromatic N) is 1. The summed E-state index contributed by atoms with van der Waals surface area (Å²) in [4.78, 5) is 70.7. The van der Waals surface area contributed by atoms with Crippen LogP contribution in [0.3, 0.4) is 0 Å². The van der Waals surface area contributed by atoms with Gasteiger partial charge < -0.3 is 39.4 Å². The minimum atomic E-state index is -1.40. The normalized spacial score (nSPS) is 32.5. The largest absolute Gasteiger partial charge is 0.462 e. The van der Waals surface area contributed by atoms with E-state index < -0.39 is 71.2 Å². The number of cyclic esters (lactones) is 1. The van der Waals surface area contributed by atoms with Crippen molar-refractivity contribution in [2.45, 2.75) is 69.8 Å². The molecule has 1 aliphatic carbocycles. The number of hydrogen-bond donors (Lipinski definition) is 3. The predicted octanol–water partition coefficient (Wildman–Crippen LogP) is -0.649. The zero-order valence-corrected chi connectivity index (χ0v) is 25.5. The van der Waals surface area contributed by atoms with E-state index in [1.807, 2.05) is 0 Å². The Kier molecular flexibility index (Phi) is 8.87. The van der Waals surface area contributed by atoms with Gasteiger partial charge >= 0.3 is 17.9 Å². The molecular formula is C31H37N3O12. The molecular weight excluding hydrogens is 606 g/mol. The number of aliphatic hydroxyl groups excluding tert-OH is 1. The molecule has 7 atom stereocenters. The van der Waals surface area contributed by atoms with E-state index in [4.69, 9.17) is 33.6 Å². The monoisotopic (exact) mass is 643 g/mol. The first-order chi connectivity index (χ1) is 22.0. The van der Waals surface area contributed by atoms with Gasteiger partial charge in [0.1, 0.15) is 43.2 Å². The Morgan fingerprint density at radius 1 is 1.09 bits per heavy atom. The Hall–Kier alpha value is -3.89. The van der Waals surface area contributed by atoms with Gasteiger partial charge in [0.05, 0.1) is 13.2 Å². The molecule has 0 aromatic heterocycles. The van der Waals surface area contributed by atoms with E-state index in [0.29, 0.717) is 11.1 Å². The third kappa shape index (κ3) is 5.77. The van der Waals surface area contributed by atoms with E-state index in [9.17, 15) is 24.0 Å². The highest BCUT2D eigenvalue weighted by molar-refractivity contribution is 5.94. The molecule has 15 heteroatoms. The summed E-state index contributed by atoms with van der Waals surface area (Å²) in [6.07, 6.45) is -1.07. The van der Waals surface area contributed by atoms with Crippen LogP contribution >= 0.6 is 0 Å². The van der Waals surface area contributed by atoms with E-state index in [2.05, 4.69) is 10.6 Å². The third-order valence-corrected chi connectivity index (χ3v) is 9.09. The molecule has 4 heterocycles. The van der Waals surface area contributed by atoms with Crippen molar-refractivity contribution in [2.24, 2.45) is 10.8 Å². The van der Waals surface area contributed by atoms with Gasteiger partial charge in [-0.05, 0) is 17.2 Å². The summed E-state index contributed by atoms with van der Waals surface area (Å²) < 4.78 is 27.8. The second-order valence-corrected chi connectivity index (χ2v) is 12.6. The summed E-state index contributed by atoms with van der Waals surface area (Å²) >= 11 is 0. The summed E-state index contributed by atoms with van der Waals surface area (Å²) in [5, 5.41) is 15.7. The maximum atomic E-state index is 14.0. The molecule has 2 bridgehead atoms. The van der Waals surface area contributed by atoms with E-state index >= 15 is 0 Å². The van der Waals surface area contributed by atoms with Crippen molar-refractivity contribution in [1.82, 2.24) is 15.7 Å². The molecule has 2 amide bonds. The zero-order chi connectivity index (χ0) is 32.6. The number of rotatable bonds is 11. The average molecular weight is 644 g/mol. The average Bonchev–Trinajstić information content (AvgIpc) is 3.72. The Morgan fingerprint density at radius 2 is 1.87 bits per heavy atom.